The highest BCUT2D eigenvalue weighted by molar-refractivity contribution is 5.64. The Morgan fingerprint density at radius 3 is 2.09 bits per heavy atom. The molecule has 0 radical (unpaired) electrons. The van der Waals surface area contributed by atoms with Crippen molar-refractivity contribution in [3.63, 3.8) is 0 Å². The van der Waals surface area contributed by atoms with Crippen molar-refractivity contribution in [2.45, 2.75) is 71.3 Å². The molecule has 0 saturated heterocycles. The Labute approximate surface area is 201 Å². The number of benzene rings is 3. The Balaban J connectivity index is 1.40. The van der Waals surface area contributed by atoms with Crippen molar-refractivity contribution in [1.29, 1.82) is 0 Å². The first-order chi connectivity index (χ1) is 16.5. The van der Waals surface area contributed by atoms with Gasteiger partial charge in [-0.25, -0.2) is 13.2 Å². The summed E-state index contributed by atoms with van der Waals surface area (Å²) >= 11 is 0. The van der Waals surface area contributed by atoms with Gasteiger partial charge in [-0.15, -0.1) is 0 Å². The molecule has 1 aliphatic carbocycles. The molecule has 1 fully saturated rings. The molecule has 4 rings (SSSR count). The first-order valence-electron chi connectivity index (χ1n) is 12.5. The molecule has 1 nitrogen and oxygen atoms in total. The van der Waals surface area contributed by atoms with E-state index in [4.69, 9.17) is 4.74 Å². The van der Waals surface area contributed by atoms with Crippen molar-refractivity contribution < 1.29 is 17.9 Å². The summed E-state index contributed by atoms with van der Waals surface area (Å²) in [5.74, 6) is -0.379. The summed E-state index contributed by atoms with van der Waals surface area (Å²) in [5, 5.41) is 0. The van der Waals surface area contributed by atoms with Crippen LogP contribution in [0.15, 0.2) is 54.6 Å². The van der Waals surface area contributed by atoms with E-state index in [1.54, 1.807) is 30.3 Å². The second-order valence-corrected chi connectivity index (χ2v) is 9.44. The Kier molecular flexibility index (Phi) is 7.97. The smallest absolute Gasteiger partial charge is 0.165 e. The van der Waals surface area contributed by atoms with Gasteiger partial charge in [-0.05, 0) is 84.4 Å². The fraction of sp³-hybridized carbons (Fsp3) is 0.400. The van der Waals surface area contributed by atoms with Gasteiger partial charge in [-0.3, -0.25) is 0 Å². The second-order valence-electron chi connectivity index (χ2n) is 9.44. The monoisotopic (exact) mass is 466 g/mol. The lowest BCUT2D eigenvalue weighted by atomic mass is 9.77. The van der Waals surface area contributed by atoms with Gasteiger partial charge >= 0.3 is 0 Å². The number of rotatable bonds is 8. The zero-order valence-electron chi connectivity index (χ0n) is 20.0. The van der Waals surface area contributed by atoms with Gasteiger partial charge in [0.25, 0.3) is 0 Å². The lowest BCUT2D eigenvalue weighted by Gasteiger charge is -2.28. The lowest BCUT2D eigenvalue weighted by molar-refractivity contribution is 0.294. The van der Waals surface area contributed by atoms with Crippen LogP contribution in [0.2, 0.25) is 0 Å². The van der Waals surface area contributed by atoms with Crippen LogP contribution < -0.4 is 4.74 Å². The third kappa shape index (κ3) is 5.48. The number of hydrogen-bond donors (Lipinski definition) is 0. The molecule has 4 heteroatoms. The van der Waals surface area contributed by atoms with Crippen LogP contribution in [0.5, 0.6) is 5.75 Å². The third-order valence-electron chi connectivity index (χ3n) is 7.21. The molecule has 180 valence electrons. The largest absolute Gasteiger partial charge is 0.489 e. The zero-order valence-corrected chi connectivity index (χ0v) is 20.0. The molecule has 3 aromatic rings. The van der Waals surface area contributed by atoms with E-state index < -0.39 is 11.6 Å². The highest BCUT2D eigenvalue weighted by atomic mass is 19.2. The maximum atomic E-state index is 14.8. The molecule has 0 atom stereocenters. The van der Waals surface area contributed by atoms with E-state index in [9.17, 15) is 13.2 Å². The molecule has 0 bridgehead atoms. The van der Waals surface area contributed by atoms with Crippen molar-refractivity contribution in [3.8, 4) is 16.9 Å². The number of halogens is 3. The Bertz CT molecular complexity index is 1100. The van der Waals surface area contributed by atoms with Crippen LogP contribution in [0.3, 0.4) is 0 Å². The van der Waals surface area contributed by atoms with E-state index in [1.165, 1.54) is 0 Å². The van der Waals surface area contributed by atoms with Gasteiger partial charge in [-0.1, -0.05) is 63.1 Å². The highest BCUT2D eigenvalue weighted by Crippen LogP contribution is 2.38. The molecule has 0 N–H and O–H groups in total. The first kappa shape index (κ1) is 24.4. The van der Waals surface area contributed by atoms with Crippen LogP contribution in [0.25, 0.3) is 11.1 Å². The van der Waals surface area contributed by atoms with Gasteiger partial charge in [0.15, 0.2) is 11.6 Å². The third-order valence-corrected chi connectivity index (χ3v) is 7.21. The van der Waals surface area contributed by atoms with Gasteiger partial charge in [-0.2, -0.15) is 0 Å². The van der Waals surface area contributed by atoms with Crippen molar-refractivity contribution in [2.75, 3.05) is 0 Å². The molecular weight excluding hydrogens is 433 g/mol. The van der Waals surface area contributed by atoms with Crippen molar-refractivity contribution >= 4 is 0 Å². The van der Waals surface area contributed by atoms with Crippen molar-refractivity contribution in [1.82, 2.24) is 0 Å². The Morgan fingerprint density at radius 1 is 0.765 bits per heavy atom. The van der Waals surface area contributed by atoms with Gasteiger partial charge < -0.3 is 4.74 Å². The maximum absolute atomic E-state index is 14.8. The van der Waals surface area contributed by atoms with Crippen LogP contribution in [0.1, 0.15) is 75.0 Å². The number of hydrogen-bond acceptors (Lipinski definition) is 1. The summed E-state index contributed by atoms with van der Waals surface area (Å²) in [6, 6.07) is 15.9. The minimum absolute atomic E-state index is 0.0503. The summed E-state index contributed by atoms with van der Waals surface area (Å²) in [6.45, 7) is 4.17. The predicted molar refractivity (Wildman–Crippen MR) is 132 cm³/mol. The molecule has 0 spiro atoms. The quantitative estimate of drug-likeness (QED) is 0.322. The van der Waals surface area contributed by atoms with Crippen LogP contribution in [-0.2, 0) is 13.0 Å². The molecule has 1 saturated carbocycles. The van der Waals surface area contributed by atoms with Crippen LogP contribution >= 0.6 is 0 Å². The van der Waals surface area contributed by atoms with E-state index in [2.05, 4.69) is 6.92 Å². The van der Waals surface area contributed by atoms with Crippen LogP contribution in [0, 0.1) is 23.4 Å². The minimum atomic E-state index is -0.811. The first-order valence-corrected chi connectivity index (χ1v) is 12.5. The maximum Gasteiger partial charge on any atom is 0.165 e. The molecule has 0 aromatic heterocycles. The molecular formula is C30H33F3O. The second kappa shape index (κ2) is 11.1. The highest BCUT2D eigenvalue weighted by Gasteiger charge is 2.25. The summed E-state index contributed by atoms with van der Waals surface area (Å²) in [7, 11) is 0. The van der Waals surface area contributed by atoms with Crippen molar-refractivity contribution in [3.05, 3.63) is 88.7 Å². The molecule has 3 aromatic carbocycles. The number of ether oxygens (including phenoxy) is 1. The van der Waals surface area contributed by atoms with E-state index in [1.807, 2.05) is 31.2 Å². The average Bonchev–Trinajstić information content (AvgIpc) is 2.87. The number of aryl methyl sites for hydroxylation is 1. The minimum Gasteiger partial charge on any atom is -0.489 e. The van der Waals surface area contributed by atoms with E-state index in [0.29, 0.717) is 17.2 Å². The van der Waals surface area contributed by atoms with Gasteiger partial charge in [0.05, 0.1) is 0 Å². The van der Waals surface area contributed by atoms with E-state index in [-0.39, 0.29) is 23.9 Å². The van der Waals surface area contributed by atoms with Crippen LogP contribution in [0.4, 0.5) is 13.2 Å². The predicted octanol–water partition coefficient (Wildman–Crippen LogP) is 8.99. The van der Waals surface area contributed by atoms with E-state index in [0.717, 1.165) is 61.6 Å². The van der Waals surface area contributed by atoms with E-state index >= 15 is 0 Å². The fourth-order valence-corrected chi connectivity index (χ4v) is 5.02. The Hall–Kier alpha value is -2.75. The summed E-state index contributed by atoms with van der Waals surface area (Å²) < 4.78 is 49.6. The molecule has 0 unspecified atom stereocenters. The van der Waals surface area contributed by atoms with Gasteiger partial charge in [0, 0.05) is 5.56 Å². The van der Waals surface area contributed by atoms with Gasteiger partial charge in [0.1, 0.15) is 18.2 Å². The molecule has 0 aliphatic heterocycles. The zero-order chi connectivity index (χ0) is 24.1. The molecule has 0 amide bonds. The molecule has 1 aliphatic rings. The topological polar surface area (TPSA) is 9.23 Å². The average molecular weight is 467 g/mol. The molecule has 0 heterocycles. The fourth-order valence-electron chi connectivity index (χ4n) is 5.02. The van der Waals surface area contributed by atoms with Crippen LogP contribution in [-0.4, -0.2) is 0 Å². The molecule has 34 heavy (non-hydrogen) atoms. The lowest BCUT2D eigenvalue weighted by Crippen LogP contribution is -2.15. The SMILES string of the molecule is CCCc1ccc(-c2ccc(OCc3ccc(C4CCC(CC)CC4)c(F)c3F)cc2)cc1F. The summed E-state index contributed by atoms with van der Waals surface area (Å²) in [4.78, 5) is 0. The standard InChI is InChI=1S/C30H33F3O/c1-3-5-23-10-11-24(18-28(23)31)21-12-15-26(16-13-21)34-19-25-14-17-27(30(33)29(25)32)22-8-6-20(4-2)7-9-22/h10-18,20,22H,3-9,19H2,1-2H3. The summed E-state index contributed by atoms with van der Waals surface area (Å²) in [6.07, 6.45) is 6.78. The Morgan fingerprint density at radius 2 is 1.44 bits per heavy atom. The van der Waals surface area contributed by atoms with Crippen molar-refractivity contribution in [2.24, 2.45) is 5.92 Å². The van der Waals surface area contributed by atoms with Gasteiger partial charge in [0.2, 0.25) is 0 Å². The summed E-state index contributed by atoms with van der Waals surface area (Å²) in [5.41, 5.74) is 3.09. The normalized spacial score (nSPS) is 18.1.